The van der Waals surface area contributed by atoms with Crippen LogP contribution in [0.15, 0.2) is 0 Å². The van der Waals surface area contributed by atoms with Crippen molar-refractivity contribution in [1.29, 1.82) is 0 Å². The Morgan fingerprint density at radius 3 is 2.76 bits per heavy atom. The van der Waals surface area contributed by atoms with Gasteiger partial charge in [-0.3, -0.25) is 9.59 Å². The Morgan fingerprint density at radius 2 is 2.12 bits per heavy atom. The first kappa shape index (κ1) is 12.4. The van der Waals surface area contributed by atoms with E-state index in [0.29, 0.717) is 12.3 Å². The molecule has 3 unspecified atom stereocenters. The Balaban J connectivity index is 2.14. The Labute approximate surface area is 103 Å². The first-order valence-electron chi connectivity index (χ1n) is 6.72. The van der Waals surface area contributed by atoms with Crippen molar-refractivity contribution >= 4 is 11.8 Å². The topological polar surface area (TPSA) is 49.4 Å². The summed E-state index contributed by atoms with van der Waals surface area (Å²) in [6.45, 7) is 4.39. The van der Waals surface area contributed by atoms with E-state index in [9.17, 15) is 9.59 Å². The number of amides is 2. The van der Waals surface area contributed by atoms with Crippen molar-refractivity contribution in [3.05, 3.63) is 0 Å². The maximum absolute atomic E-state index is 12.0. The fourth-order valence-corrected chi connectivity index (χ4v) is 3.17. The molecule has 0 radical (unpaired) electrons. The van der Waals surface area contributed by atoms with Gasteiger partial charge >= 0.3 is 0 Å². The average molecular weight is 238 g/mol. The number of nitrogens with one attached hydrogen (secondary N) is 1. The Bertz CT molecular complexity index is 317. The van der Waals surface area contributed by atoms with Crippen LogP contribution >= 0.6 is 0 Å². The van der Waals surface area contributed by atoms with Gasteiger partial charge in [-0.2, -0.15) is 0 Å². The molecular weight excluding hydrogens is 216 g/mol. The minimum Gasteiger partial charge on any atom is -0.345 e. The molecule has 2 fully saturated rings. The molecule has 1 aliphatic heterocycles. The zero-order chi connectivity index (χ0) is 12.4. The second-order valence-corrected chi connectivity index (χ2v) is 5.37. The molecule has 1 saturated heterocycles. The number of piperazine rings is 1. The third-order valence-corrected chi connectivity index (χ3v) is 4.03. The molecule has 2 rings (SSSR count). The minimum absolute atomic E-state index is 0.0188. The van der Waals surface area contributed by atoms with E-state index >= 15 is 0 Å². The fourth-order valence-electron chi connectivity index (χ4n) is 3.17. The lowest BCUT2D eigenvalue weighted by Crippen LogP contribution is -2.61. The van der Waals surface area contributed by atoms with Crippen molar-refractivity contribution in [2.24, 2.45) is 5.92 Å². The van der Waals surface area contributed by atoms with Gasteiger partial charge in [-0.05, 0) is 25.2 Å². The van der Waals surface area contributed by atoms with E-state index in [0.717, 1.165) is 12.8 Å². The van der Waals surface area contributed by atoms with Crippen molar-refractivity contribution in [1.82, 2.24) is 10.2 Å². The maximum Gasteiger partial charge on any atom is 0.243 e. The van der Waals surface area contributed by atoms with Crippen LogP contribution in [0.1, 0.15) is 46.0 Å². The molecule has 17 heavy (non-hydrogen) atoms. The van der Waals surface area contributed by atoms with Gasteiger partial charge in [0.2, 0.25) is 11.8 Å². The van der Waals surface area contributed by atoms with Gasteiger partial charge in [0, 0.05) is 6.04 Å². The number of nitrogens with zero attached hydrogens (tertiary/aromatic N) is 1. The molecule has 0 spiro atoms. The van der Waals surface area contributed by atoms with E-state index in [-0.39, 0.29) is 30.4 Å². The van der Waals surface area contributed by atoms with Crippen LogP contribution in [0.2, 0.25) is 0 Å². The average Bonchev–Trinajstić information content (AvgIpc) is 2.31. The molecule has 2 aliphatic rings. The molecule has 0 aromatic heterocycles. The summed E-state index contributed by atoms with van der Waals surface area (Å²) in [5.41, 5.74) is 0. The molecule has 0 bridgehead atoms. The van der Waals surface area contributed by atoms with Crippen molar-refractivity contribution in [3.63, 3.8) is 0 Å². The Kier molecular flexibility index (Phi) is 3.69. The SMILES string of the molecule is CCC1C(=O)NCC(=O)N1C1CCCC(C)C1. The van der Waals surface area contributed by atoms with Crippen molar-refractivity contribution in [2.45, 2.75) is 58.0 Å². The van der Waals surface area contributed by atoms with E-state index in [1.165, 1.54) is 12.8 Å². The molecule has 96 valence electrons. The van der Waals surface area contributed by atoms with E-state index in [1.807, 2.05) is 11.8 Å². The van der Waals surface area contributed by atoms with Crippen LogP contribution in [-0.2, 0) is 9.59 Å². The Morgan fingerprint density at radius 1 is 1.35 bits per heavy atom. The number of hydrogen-bond donors (Lipinski definition) is 1. The van der Waals surface area contributed by atoms with Crippen LogP contribution in [0.4, 0.5) is 0 Å². The molecule has 0 aromatic carbocycles. The number of carbonyl (C=O) groups excluding carboxylic acids is 2. The van der Waals surface area contributed by atoms with Crippen molar-refractivity contribution < 1.29 is 9.59 Å². The second kappa shape index (κ2) is 5.07. The molecule has 4 nitrogen and oxygen atoms in total. The van der Waals surface area contributed by atoms with Gasteiger partial charge in [0.25, 0.3) is 0 Å². The van der Waals surface area contributed by atoms with E-state index in [2.05, 4.69) is 12.2 Å². The minimum atomic E-state index is -0.244. The van der Waals surface area contributed by atoms with E-state index in [4.69, 9.17) is 0 Å². The number of rotatable bonds is 2. The molecule has 3 atom stereocenters. The summed E-state index contributed by atoms with van der Waals surface area (Å²) < 4.78 is 0. The zero-order valence-electron chi connectivity index (χ0n) is 10.7. The van der Waals surface area contributed by atoms with E-state index < -0.39 is 0 Å². The number of hydrogen-bond acceptors (Lipinski definition) is 2. The van der Waals surface area contributed by atoms with Gasteiger partial charge in [-0.15, -0.1) is 0 Å². The first-order valence-corrected chi connectivity index (χ1v) is 6.72. The molecule has 4 heteroatoms. The lowest BCUT2D eigenvalue weighted by molar-refractivity contribution is -0.149. The zero-order valence-corrected chi connectivity index (χ0v) is 10.7. The first-order chi connectivity index (χ1) is 8.13. The highest BCUT2D eigenvalue weighted by molar-refractivity contribution is 5.94. The van der Waals surface area contributed by atoms with Gasteiger partial charge in [0.1, 0.15) is 6.04 Å². The van der Waals surface area contributed by atoms with Gasteiger partial charge in [-0.1, -0.05) is 26.7 Å². The third kappa shape index (κ3) is 2.45. The van der Waals surface area contributed by atoms with Gasteiger partial charge < -0.3 is 10.2 Å². The lowest BCUT2D eigenvalue weighted by atomic mass is 9.85. The molecule has 2 amide bonds. The number of carbonyl (C=O) groups is 2. The van der Waals surface area contributed by atoms with Crippen LogP contribution in [0.25, 0.3) is 0 Å². The summed E-state index contributed by atoms with van der Waals surface area (Å²) in [5.74, 6) is 0.782. The fraction of sp³-hybridized carbons (Fsp3) is 0.846. The van der Waals surface area contributed by atoms with Gasteiger partial charge in [0.05, 0.1) is 6.54 Å². The normalized spacial score (nSPS) is 34.7. The van der Waals surface area contributed by atoms with Crippen LogP contribution in [-0.4, -0.2) is 35.3 Å². The molecular formula is C13H22N2O2. The quantitative estimate of drug-likeness (QED) is 0.788. The highest BCUT2D eigenvalue weighted by Crippen LogP contribution is 2.29. The molecule has 1 N–H and O–H groups in total. The highest BCUT2D eigenvalue weighted by atomic mass is 16.2. The van der Waals surface area contributed by atoms with Crippen LogP contribution in [0, 0.1) is 5.92 Å². The predicted octanol–water partition coefficient (Wildman–Crippen LogP) is 1.30. The maximum atomic E-state index is 12.0. The van der Waals surface area contributed by atoms with Crippen molar-refractivity contribution in [2.75, 3.05) is 6.54 Å². The third-order valence-electron chi connectivity index (χ3n) is 4.03. The highest BCUT2D eigenvalue weighted by Gasteiger charge is 2.38. The second-order valence-electron chi connectivity index (χ2n) is 5.37. The van der Waals surface area contributed by atoms with Crippen LogP contribution in [0.3, 0.4) is 0 Å². The smallest absolute Gasteiger partial charge is 0.243 e. The van der Waals surface area contributed by atoms with Crippen molar-refractivity contribution in [3.8, 4) is 0 Å². The van der Waals surface area contributed by atoms with Crippen LogP contribution in [0.5, 0.6) is 0 Å². The predicted molar refractivity (Wildman–Crippen MR) is 65.4 cm³/mol. The molecule has 0 aromatic rings. The van der Waals surface area contributed by atoms with E-state index in [1.54, 1.807) is 0 Å². The summed E-state index contributed by atoms with van der Waals surface area (Å²) in [7, 11) is 0. The summed E-state index contributed by atoms with van der Waals surface area (Å²) in [5, 5.41) is 2.68. The largest absolute Gasteiger partial charge is 0.345 e. The molecule has 1 aliphatic carbocycles. The lowest BCUT2D eigenvalue weighted by Gasteiger charge is -2.43. The summed E-state index contributed by atoms with van der Waals surface area (Å²) >= 11 is 0. The summed E-state index contributed by atoms with van der Waals surface area (Å²) in [6, 6.07) is 0.0359. The molecule has 1 saturated carbocycles. The Hall–Kier alpha value is -1.06. The monoisotopic (exact) mass is 238 g/mol. The van der Waals surface area contributed by atoms with Gasteiger partial charge in [-0.25, -0.2) is 0 Å². The summed E-state index contributed by atoms with van der Waals surface area (Å²) in [4.78, 5) is 25.7. The molecule has 1 heterocycles. The standard InChI is InChI=1S/C13H22N2O2/c1-3-11-13(17)14-8-12(16)15(11)10-6-4-5-9(2)7-10/h9-11H,3-8H2,1-2H3,(H,14,17). The summed E-state index contributed by atoms with van der Waals surface area (Å²) in [6.07, 6.45) is 5.24. The van der Waals surface area contributed by atoms with Gasteiger partial charge in [0.15, 0.2) is 0 Å². The van der Waals surface area contributed by atoms with Crippen LogP contribution < -0.4 is 5.32 Å².